The maximum Gasteiger partial charge on any atom is 0.0535 e. The molecule has 3 rings (SSSR count). The molecular formula is C21H39N5O. The van der Waals surface area contributed by atoms with Gasteiger partial charge in [-0.3, -0.25) is 10.00 Å². The van der Waals surface area contributed by atoms with Crippen LogP contribution in [0.3, 0.4) is 0 Å². The zero-order valence-corrected chi connectivity index (χ0v) is 17.7. The van der Waals surface area contributed by atoms with Crippen LogP contribution < -0.4 is 0 Å². The summed E-state index contributed by atoms with van der Waals surface area (Å²) in [6, 6.07) is 0. The summed E-state index contributed by atoms with van der Waals surface area (Å²) in [6.07, 6.45) is 22.0. The Morgan fingerprint density at radius 3 is 1.78 bits per heavy atom. The molecule has 6 nitrogen and oxygen atoms in total. The molecule has 1 aromatic rings. The van der Waals surface area contributed by atoms with Crippen molar-refractivity contribution in [3.8, 4) is 25.7 Å². The zero-order chi connectivity index (χ0) is 21.1. The second-order valence-corrected chi connectivity index (χ2v) is 6.46. The van der Waals surface area contributed by atoms with Gasteiger partial charge in [0.1, 0.15) is 0 Å². The number of nitrogens with one attached hydrogen (secondary N) is 1. The van der Waals surface area contributed by atoms with E-state index in [-0.39, 0.29) is 0 Å². The van der Waals surface area contributed by atoms with E-state index in [9.17, 15) is 0 Å². The second kappa shape index (κ2) is 18.9. The molecule has 0 saturated carbocycles. The Kier molecular flexibility index (Phi) is 19.2. The van der Waals surface area contributed by atoms with Crippen LogP contribution >= 0.6 is 0 Å². The van der Waals surface area contributed by atoms with Crippen molar-refractivity contribution in [1.29, 1.82) is 0 Å². The number of likely N-dealkylation sites (tertiary alicyclic amines) is 1. The minimum absolute atomic E-state index is 1.00. The molecule has 0 spiro atoms. The van der Waals surface area contributed by atoms with Crippen molar-refractivity contribution in [3.63, 3.8) is 0 Å². The summed E-state index contributed by atoms with van der Waals surface area (Å²) in [5.74, 6) is 0. The zero-order valence-electron chi connectivity index (χ0n) is 17.7. The van der Waals surface area contributed by atoms with E-state index in [1.165, 1.54) is 69.8 Å². The monoisotopic (exact) mass is 377 g/mol. The van der Waals surface area contributed by atoms with Crippen LogP contribution in [0.2, 0.25) is 0 Å². The Bertz CT molecular complexity index is 461. The van der Waals surface area contributed by atoms with Gasteiger partial charge in [0.15, 0.2) is 0 Å². The van der Waals surface area contributed by atoms with Crippen molar-refractivity contribution in [2.75, 3.05) is 60.5 Å². The highest BCUT2D eigenvalue weighted by Gasteiger charge is 2.13. The Labute approximate surface area is 166 Å². The molecule has 0 amide bonds. The summed E-state index contributed by atoms with van der Waals surface area (Å²) in [5, 5.41) is 14.0. The van der Waals surface area contributed by atoms with E-state index in [0.29, 0.717) is 0 Å². The SMILES string of the molecule is C#C.C#C.CN1CCCN(C)CC1.CO.Cc1[nH]ncc1CN1CCCC1. The topological polar surface area (TPSA) is 58.6 Å². The van der Waals surface area contributed by atoms with Crippen LogP contribution in [0.25, 0.3) is 0 Å². The summed E-state index contributed by atoms with van der Waals surface area (Å²) < 4.78 is 0. The lowest BCUT2D eigenvalue weighted by Gasteiger charge is -2.13. The van der Waals surface area contributed by atoms with Gasteiger partial charge >= 0.3 is 0 Å². The van der Waals surface area contributed by atoms with Crippen LogP contribution in [0, 0.1) is 32.6 Å². The van der Waals surface area contributed by atoms with E-state index < -0.39 is 0 Å². The van der Waals surface area contributed by atoms with Gasteiger partial charge in [0.25, 0.3) is 0 Å². The number of terminal acetylenes is 2. The Morgan fingerprint density at radius 1 is 0.889 bits per heavy atom. The molecule has 2 saturated heterocycles. The van der Waals surface area contributed by atoms with E-state index in [2.05, 4.69) is 71.6 Å². The molecule has 2 aliphatic heterocycles. The highest BCUT2D eigenvalue weighted by molar-refractivity contribution is 5.14. The number of likely N-dealkylation sites (N-methyl/N-ethyl adjacent to an activating group) is 2. The van der Waals surface area contributed by atoms with Crippen molar-refractivity contribution >= 4 is 0 Å². The normalized spacial score (nSPS) is 17.4. The van der Waals surface area contributed by atoms with Crippen LogP contribution in [0.15, 0.2) is 6.20 Å². The first-order chi connectivity index (χ1) is 13.1. The molecule has 0 aromatic carbocycles. The first kappa shape index (κ1) is 27.4. The van der Waals surface area contributed by atoms with Crippen LogP contribution in [-0.4, -0.2) is 90.5 Å². The molecule has 0 aliphatic carbocycles. The molecule has 0 bridgehead atoms. The minimum Gasteiger partial charge on any atom is -0.400 e. The van der Waals surface area contributed by atoms with Crippen LogP contribution in [0.4, 0.5) is 0 Å². The maximum atomic E-state index is 7.00. The number of H-pyrrole nitrogens is 1. The second-order valence-electron chi connectivity index (χ2n) is 6.46. The largest absolute Gasteiger partial charge is 0.400 e. The molecule has 3 heterocycles. The van der Waals surface area contributed by atoms with Crippen LogP contribution in [0.1, 0.15) is 30.5 Å². The Hall–Kier alpha value is -1.83. The van der Waals surface area contributed by atoms with Crippen LogP contribution in [0.5, 0.6) is 0 Å². The van der Waals surface area contributed by atoms with Gasteiger partial charge in [-0.25, -0.2) is 0 Å². The first-order valence-corrected chi connectivity index (χ1v) is 9.35. The number of aliphatic hydroxyl groups excluding tert-OH is 1. The lowest BCUT2D eigenvalue weighted by atomic mass is 10.2. The number of rotatable bonds is 2. The van der Waals surface area contributed by atoms with Gasteiger partial charge in [-0.1, -0.05) is 0 Å². The smallest absolute Gasteiger partial charge is 0.0535 e. The summed E-state index contributed by atoms with van der Waals surface area (Å²) in [5.41, 5.74) is 2.55. The van der Waals surface area contributed by atoms with Crippen LogP contribution in [-0.2, 0) is 6.54 Å². The molecular weight excluding hydrogens is 338 g/mol. The summed E-state index contributed by atoms with van der Waals surface area (Å²) >= 11 is 0. The van der Waals surface area contributed by atoms with Gasteiger partial charge < -0.3 is 14.9 Å². The molecule has 0 atom stereocenters. The van der Waals surface area contributed by atoms with Crippen molar-refractivity contribution in [2.45, 2.75) is 32.7 Å². The quantitative estimate of drug-likeness (QED) is 0.768. The number of aromatic amines is 1. The Morgan fingerprint density at radius 2 is 1.37 bits per heavy atom. The third-order valence-corrected chi connectivity index (χ3v) is 4.47. The van der Waals surface area contributed by atoms with Crippen molar-refractivity contribution in [3.05, 3.63) is 17.5 Å². The summed E-state index contributed by atoms with van der Waals surface area (Å²) in [4.78, 5) is 7.27. The van der Waals surface area contributed by atoms with E-state index in [0.717, 1.165) is 13.7 Å². The first-order valence-electron chi connectivity index (χ1n) is 9.35. The van der Waals surface area contributed by atoms with E-state index in [1.54, 1.807) is 0 Å². The van der Waals surface area contributed by atoms with Gasteiger partial charge in [0, 0.05) is 38.0 Å². The highest BCUT2D eigenvalue weighted by atomic mass is 16.2. The van der Waals surface area contributed by atoms with E-state index in [4.69, 9.17) is 5.11 Å². The summed E-state index contributed by atoms with van der Waals surface area (Å²) in [7, 11) is 5.39. The Balaban J connectivity index is 0. The predicted molar refractivity (Wildman–Crippen MR) is 115 cm³/mol. The molecule has 2 aliphatic rings. The van der Waals surface area contributed by atoms with Gasteiger partial charge in [-0.2, -0.15) is 5.10 Å². The fourth-order valence-corrected chi connectivity index (χ4v) is 2.89. The summed E-state index contributed by atoms with van der Waals surface area (Å²) in [6.45, 7) is 10.7. The highest BCUT2D eigenvalue weighted by Crippen LogP contribution is 2.13. The van der Waals surface area contributed by atoms with Crippen molar-refractivity contribution in [1.82, 2.24) is 24.9 Å². The maximum absolute atomic E-state index is 7.00. The van der Waals surface area contributed by atoms with Crippen molar-refractivity contribution < 1.29 is 5.11 Å². The minimum atomic E-state index is 1.00. The number of hydrogen-bond acceptors (Lipinski definition) is 5. The molecule has 6 heteroatoms. The average Bonchev–Trinajstić information content (AvgIpc) is 3.34. The third kappa shape index (κ3) is 13.1. The molecule has 154 valence electrons. The third-order valence-electron chi connectivity index (χ3n) is 4.47. The number of hydrogen-bond donors (Lipinski definition) is 2. The predicted octanol–water partition coefficient (Wildman–Crippen LogP) is 1.67. The number of aryl methyl sites for hydroxylation is 1. The number of nitrogens with zero attached hydrogens (tertiary/aromatic N) is 4. The van der Waals surface area contributed by atoms with E-state index >= 15 is 0 Å². The molecule has 2 fully saturated rings. The lowest BCUT2D eigenvalue weighted by molar-refractivity contribution is 0.320. The molecule has 1 aromatic heterocycles. The fraction of sp³-hybridized carbons (Fsp3) is 0.667. The molecule has 0 unspecified atom stereocenters. The lowest BCUT2D eigenvalue weighted by Crippen LogP contribution is -2.25. The standard InChI is InChI=1S/C9H15N3.C7H16N2.2C2H2.CH4O/c1-8-9(6-10-11-8)7-12-4-2-3-5-12;1-8-4-3-5-9(2)7-6-8;3*1-2/h6H,2-5,7H2,1H3,(H,10,11);3-7H2,1-2H3;2*1-2H;2H,1H3. The number of aromatic nitrogens is 2. The average molecular weight is 378 g/mol. The molecule has 27 heavy (non-hydrogen) atoms. The van der Waals surface area contributed by atoms with Gasteiger partial charge in [-0.15, -0.1) is 25.7 Å². The number of aliphatic hydroxyl groups is 1. The van der Waals surface area contributed by atoms with Gasteiger partial charge in [0.2, 0.25) is 0 Å². The fourth-order valence-electron chi connectivity index (χ4n) is 2.89. The van der Waals surface area contributed by atoms with Gasteiger partial charge in [0.05, 0.1) is 6.20 Å². The van der Waals surface area contributed by atoms with Gasteiger partial charge in [-0.05, 0) is 66.5 Å². The van der Waals surface area contributed by atoms with E-state index in [1.807, 2.05) is 6.20 Å². The molecule has 2 N–H and O–H groups in total. The molecule has 0 radical (unpaired) electrons. The van der Waals surface area contributed by atoms with Crippen molar-refractivity contribution in [2.24, 2.45) is 0 Å².